The standard InChI is InChI=1S/C19H14N6O2S/c1-12-4-6-13(7-5-12)18-21-17(27-23-18)10-24-19(26)15-9-14(16-3-2-8-28-16)22-25(15)11-20-24/h2-9,11H,10H2,1H3. The Hall–Kier alpha value is -3.59. The Morgan fingerprint density at radius 2 is 2.04 bits per heavy atom. The smallest absolute Gasteiger partial charge is 0.293 e. The van der Waals surface area contributed by atoms with Crippen molar-refractivity contribution in [2.24, 2.45) is 0 Å². The number of fused-ring (bicyclic) bond motifs is 1. The lowest BCUT2D eigenvalue weighted by molar-refractivity contribution is 0.362. The maximum absolute atomic E-state index is 12.8. The number of benzene rings is 1. The number of aromatic nitrogens is 6. The predicted octanol–water partition coefficient (Wildman–Crippen LogP) is 3.03. The van der Waals surface area contributed by atoms with Gasteiger partial charge in [0.05, 0.1) is 4.88 Å². The number of nitrogens with zero attached hydrogens (tertiary/aromatic N) is 6. The minimum absolute atomic E-state index is 0.0910. The van der Waals surface area contributed by atoms with Crippen LogP contribution in [0.25, 0.3) is 27.5 Å². The Kier molecular flexibility index (Phi) is 3.87. The van der Waals surface area contributed by atoms with E-state index in [1.165, 1.54) is 15.5 Å². The molecule has 0 spiro atoms. The molecule has 28 heavy (non-hydrogen) atoms. The molecule has 0 saturated carbocycles. The van der Waals surface area contributed by atoms with Gasteiger partial charge in [0.2, 0.25) is 11.7 Å². The van der Waals surface area contributed by atoms with Crippen LogP contribution in [-0.2, 0) is 6.54 Å². The van der Waals surface area contributed by atoms with Gasteiger partial charge in [-0.15, -0.1) is 11.3 Å². The summed E-state index contributed by atoms with van der Waals surface area (Å²) in [5, 5.41) is 14.6. The second-order valence-corrected chi connectivity index (χ2v) is 7.26. The fourth-order valence-electron chi connectivity index (χ4n) is 2.86. The molecular formula is C19H14N6O2S. The van der Waals surface area contributed by atoms with Gasteiger partial charge in [-0.1, -0.05) is 41.1 Å². The summed E-state index contributed by atoms with van der Waals surface area (Å²) in [6.07, 6.45) is 1.51. The van der Waals surface area contributed by atoms with Crippen molar-refractivity contribution >= 4 is 16.9 Å². The molecule has 0 amide bonds. The van der Waals surface area contributed by atoms with E-state index >= 15 is 0 Å². The van der Waals surface area contributed by atoms with Crippen LogP contribution in [0.5, 0.6) is 0 Å². The normalized spacial score (nSPS) is 11.3. The summed E-state index contributed by atoms with van der Waals surface area (Å²) >= 11 is 1.57. The van der Waals surface area contributed by atoms with Gasteiger partial charge in [0.15, 0.2) is 0 Å². The van der Waals surface area contributed by atoms with Crippen LogP contribution in [0.15, 0.2) is 63.5 Å². The Bertz CT molecular complexity index is 1310. The van der Waals surface area contributed by atoms with Crippen LogP contribution >= 0.6 is 11.3 Å². The topological polar surface area (TPSA) is 91.1 Å². The second-order valence-electron chi connectivity index (χ2n) is 6.31. The van der Waals surface area contributed by atoms with Crippen molar-refractivity contribution in [1.82, 2.24) is 29.5 Å². The van der Waals surface area contributed by atoms with E-state index in [2.05, 4.69) is 20.3 Å². The van der Waals surface area contributed by atoms with E-state index in [9.17, 15) is 4.79 Å². The minimum Gasteiger partial charge on any atom is -0.337 e. The van der Waals surface area contributed by atoms with E-state index in [-0.39, 0.29) is 12.1 Å². The lowest BCUT2D eigenvalue weighted by Crippen LogP contribution is -2.25. The first kappa shape index (κ1) is 16.6. The zero-order chi connectivity index (χ0) is 19.1. The van der Waals surface area contributed by atoms with Crippen LogP contribution in [-0.4, -0.2) is 29.5 Å². The summed E-state index contributed by atoms with van der Waals surface area (Å²) in [6, 6.07) is 13.5. The van der Waals surface area contributed by atoms with Gasteiger partial charge in [0, 0.05) is 5.56 Å². The van der Waals surface area contributed by atoms with Crippen molar-refractivity contribution in [3.63, 3.8) is 0 Å². The molecule has 0 aliphatic heterocycles. The van der Waals surface area contributed by atoms with E-state index in [0.717, 1.165) is 21.7 Å². The molecule has 0 atom stereocenters. The number of aryl methyl sites for hydroxylation is 1. The Morgan fingerprint density at radius 1 is 1.18 bits per heavy atom. The van der Waals surface area contributed by atoms with E-state index in [1.807, 2.05) is 48.7 Å². The zero-order valence-corrected chi connectivity index (χ0v) is 15.6. The highest BCUT2D eigenvalue weighted by molar-refractivity contribution is 7.13. The Labute approximate surface area is 162 Å². The van der Waals surface area contributed by atoms with Crippen LogP contribution in [0.1, 0.15) is 11.5 Å². The fraction of sp³-hybridized carbons (Fsp3) is 0.105. The quantitative estimate of drug-likeness (QED) is 0.468. The summed E-state index contributed by atoms with van der Waals surface area (Å²) in [5.41, 5.74) is 2.92. The van der Waals surface area contributed by atoms with E-state index in [1.54, 1.807) is 17.4 Å². The van der Waals surface area contributed by atoms with Gasteiger partial charge in [-0.2, -0.15) is 15.2 Å². The molecule has 4 aromatic heterocycles. The highest BCUT2D eigenvalue weighted by atomic mass is 32.1. The summed E-state index contributed by atoms with van der Waals surface area (Å²) in [4.78, 5) is 18.2. The summed E-state index contributed by atoms with van der Waals surface area (Å²) in [7, 11) is 0. The first-order chi connectivity index (χ1) is 13.7. The minimum atomic E-state index is -0.270. The number of hydrogen-bond donors (Lipinski definition) is 0. The van der Waals surface area contributed by atoms with Crippen molar-refractivity contribution in [2.45, 2.75) is 13.5 Å². The molecule has 0 N–H and O–H groups in total. The third-order valence-corrected chi connectivity index (χ3v) is 5.22. The van der Waals surface area contributed by atoms with Crippen LogP contribution in [0.4, 0.5) is 0 Å². The van der Waals surface area contributed by atoms with Gasteiger partial charge in [-0.05, 0) is 24.4 Å². The monoisotopic (exact) mass is 390 g/mol. The molecule has 4 heterocycles. The molecule has 5 rings (SSSR count). The maximum atomic E-state index is 12.8. The van der Waals surface area contributed by atoms with Gasteiger partial charge in [0.25, 0.3) is 5.56 Å². The summed E-state index contributed by atoms with van der Waals surface area (Å²) in [6.45, 7) is 2.10. The maximum Gasteiger partial charge on any atom is 0.293 e. The molecule has 0 aliphatic carbocycles. The van der Waals surface area contributed by atoms with Gasteiger partial charge < -0.3 is 4.52 Å². The van der Waals surface area contributed by atoms with Crippen LogP contribution in [0, 0.1) is 6.92 Å². The molecular weight excluding hydrogens is 376 g/mol. The van der Waals surface area contributed by atoms with E-state index < -0.39 is 0 Å². The zero-order valence-electron chi connectivity index (χ0n) is 14.8. The molecule has 138 valence electrons. The first-order valence-electron chi connectivity index (χ1n) is 8.56. The Morgan fingerprint density at radius 3 is 2.82 bits per heavy atom. The van der Waals surface area contributed by atoms with Gasteiger partial charge in [-0.3, -0.25) is 4.79 Å². The number of thiophene rings is 1. The van der Waals surface area contributed by atoms with Gasteiger partial charge in [-0.25, -0.2) is 9.20 Å². The van der Waals surface area contributed by atoms with Gasteiger partial charge in [0.1, 0.15) is 24.1 Å². The molecule has 0 aliphatic rings. The molecule has 1 aromatic carbocycles. The number of rotatable bonds is 4. The second kappa shape index (κ2) is 6.54. The molecule has 0 bridgehead atoms. The lowest BCUT2D eigenvalue weighted by atomic mass is 10.1. The molecule has 0 unspecified atom stereocenters. The Balaban J connectivity index is 1.46. The number of hydrogen-bond acceptors (Lipinski definition) is 7. The molecule has 9 heteroatoms. The fourth-order valence-corrected chi connectivity index (χ4v) is 3.54. The van der Waals surface area contributed by atoms with Crippen molar-refractivity contribution in [1.29, 1.82) is 0 Å². The molecule has 8 nitrogen and oxygen atoms in total. The predicted molar refractivity (Wildman–Crippen MR) is 104 cm³/mol. The van der Waals surface area contributed by atoms with Crippen LogP contribution in [0.3, 0.4) is 0 Å². The third-order valence-electron chi connectivity index (χ3n) is 4.33. The van der Waals surface area contributed by atoms with Gasteiger partial charge >= 0.3 is 0 Å². The molecule has 0 radical (unpaired) electrons. The average molecular weight is 390 g/mol. The summed E-state index contributed by atoms with van der Waals surface area (Å²) in [5.74, 6) is 0.793. The first-order valence-corrected chi connectivity index (χ1v) is 9.44. The van der Waals surface area contributed by atoms with Crippen LogP contribution in [0.2, 0.25) is 0 Å². The van der Waals surface area contributed by atoms with Crippen molar-refractivity contribution in [3.05, 3.63) is 76.0 Å². The molecule has 5 aromatic rings. The average Bonchev–Trinajstić information content (AvgIpc) is 3.45. The third kappa shape index (κ3) is 2.91. The van der Waals surface area contributed by atoms with E-state index in [0.29, 0.717) is 17.2 Å². The highest BCUT2D eigenvalue weighted by Crippen LogP contribution is 2.23. The van der Waals surface area contributed by atoms with Crippen molar-refractivity contribution in [3.8, 4) is 22.0 Å². The SMILES string of the molecule is Cc1ccc(-c2noc(Cn3ncn4nc(-c5cccs5)cc4c3=O)n2)cc1. The largest absolute Gasteiger partial charge is 0.337 e. The van der Waals surface area contributed by atoms with Crippen molar-refractivity contribution < 1.29 is 4.52 Å². The summed E-state index contributed by atoms with van der Waals surface area (Å²) < 4.78 is 8.08. The van der Waals surface area contributed by atoms with Crippen LogP contribution < -0.4 is 5.56 Å². The highest BCUT2D eigenvalue weighted by Gasteiger charge is 2.14. The molecule has 0 saturated heterocycles. The van der Waals surface area contributed by atoms with Crippen molar-refractivity contribution in [2.75, 3.05) is 0 Å². The lowest BCUT2D eigenvalue weighted by Gasteiger charge is -2.00. The molecule has 0 fully saturated rings. The van der Waals surface area contributed by atoms with E-state index in [4.69, 9.17) is 4.52 Å².